The van der Waals surface area contributed by atoms with Crippen molar-refractivity contribution in [1.29, 1.82) is 0 Å². The molecule has 5 heteroatoms. The molecule has 0 radical (unpaired) electrons. The molecule has 0 saturated carbocycles. The summed E-state index contributed by atoms with van der Waals surface area (Å²) in [7, 11) is 0. The zero-order valence-electron chi connectivity index (χ0n) is 6.21. The minimum Gasteiger partial charge on any atom is -0.325 e. The van der Waals surface area contributed by atoms with Crippen LogP contribution in [0.3, 0.4) is 0 Å². The Morgan fingerprint density at radius 1 is 1.50 bits per heavy atom. The SMILES string of the molecule is NCc1cccc(=O)n1C(F)F. The van der Waals surface area contributed by atoms with E-state index >= 15 is 0 Å². The lowest BCUT2D eigenvalue weighted by Crippen LogP contribution is -2.24. The number of nitrogens with two attached hydrogens (primary N) is 1. The van der Waals surface area contributed by atoms with Crippen LogP contribution in [0.15, 0.2) is 23.0 Å². The normalized spacial score (nSPS) is 10.7. The second-order valence-electron chi connectivity index (χ2n) is 2.21. The zero-order valence-corrected chi connectivity index (χ0v) is 6.21. The van der Waals surface area contributed by atoms with E-state index in [0.717, 1.165) is 6.07 Å². The van der Waals surface area contributed by atoms with Crippen molar-refractivity contribution in [1.82, 2.24) is 4.57 Å². The fraction of sp³-hybridized carbons (Fsp3) is 0.286. The average Bonchev–Trinajstić information content (AvgIpc) is 2.03. The van der Waals surface area contributed by atoms with E-state index in [1.165, 1.54) is 12.1 Å². The molecule has 1 heterocycles. The van der Waals surface area contributed by atoms with Gasteiger partial charge < -0.3 is 5.73 Å². The molecule has 0 atom stereocenters. The Hall–Kier alpha value is -1.23. The lowest BCUT2D eigenvalue weighted by atomic mass is 10.3. The molecule has 0 unspecified atom stereocenters. The number of aromatic nitrogens is 1. The predicted octanol–water partition coefficient (Wildman–Crippen LogP) is 0.702. The van der Waals surface area contributed by atoms with Gasteiger partial charge in [-0.3, -0.25) is 9.36 Å². The van der Waals surface area contributed by atoms with Crippen molar-refractivity contribution in [2.24, 2.45) is 5.73 Å². The Kier molecular flexibility index (Phi) is 2.54. The lowest BCUT2D eigenvalue weighted by Gasteiger charge is -2.08. The highest BCUT2D eigenvalue weighted by Crippen LogP contribution is 2.09. The fourth-order valence-electron chi connectivity index (χ4n) is 0.932. The van der Waals surface area contributed by atoms with Gasteiger partial charge in [0.05, 0.1) is 0 Å². The van der Waals surface area contributed by atoms with Gasteiger partial charge in [0.15, 0.2) is 0 Å². The Morgan fingerprint density at radius 3 is 2.58 bits per heavy atom. The molecule has 0 fully saturated rings. The van der Waals surface area contributed by atoms with Gasteiger partial charge in [-0.15, -0.1) is 0 Å². The second-order valence-corrected chi connectivity index (χ2v) is 2.21. The number of alkyl halides is 2. The molecule has 66 valence electrons. The molecule has 0 spiro atoms. The molecule has 12 heavy (non-hydrogen) atoms. The van der Waals surface area contributed by atoms with E-state index < -0.39 is 12.1 Å². The van der Waals surface area contributed by atoms with Gasteiger partial charge >= 0.3 is 6.55 Å². The van der Waals surface area contributed by atoms with Crippen LogP contribution in [0.2, 0.25) is 0 Å². The highest BCUT2D eigenvalue weighted by molar-refractivity contribution is 5.06. The van der Waals surface area contributed by atoms with Gasteiger partial charge in [0, 0.05) is 18.3 Å². The summed E-state index contributed by atoms with van der Waals surface area (Å²) in [5.41, 5.74) is 4.57. The van der Waals surface area contributed by atoms with Gasteiger partial charge in [-0.1, -0.05) is 6.07 Å². The molecular weight excluding hydrogens is 166 g/mol. The molecule has 1 rings (SSSR count). The van der Waals surface area contributed by atoms with Crippen molar-refractivity contribution < 1.29 is 8.78 Å². The lowest BCUT2D eigenvalue weighted by molar-refractivity contribution is 0.0633. The molecule has 0 aromatic carbocycles. The minimum absolute atomic E-state index is 0.0690. The quantitative estimate of drug-likeness (QED) is 0.717. The first-order valence-electron chi connectivity index (χ1n) is 3.35. The number of halogens is 2. The first kappa shape index (κ1) is 8.86. The fourth-order valence-corrected chi connectivity index (χ4v) is 0.932. The molecular formula is C7H8F2N2O. The monoisotopic (exact) mass is 174 g/mol. The van der Waals surface area contributed by atoms with Crippen LogP contribution in [0.25, 0.3) is 0 Å². The number of nitrogens with zero attached hydrogens (tertiary/aromatic N) is 1. The van der Waals surface area contributed by atoms with Crippen LogP contribution in [-0.2, 0) is 6.54 Å². The third-order valence-corrected chi connectivity index (χ3v) is 1.48. The standard InChI is InChI=1S/C7H8F2N2O/c8-7(9)11-5(4-10)2-1-3-6(11)12/h1-3,7H,4,10H2. The molecule has 2 N–H and O–H groups in total. The van der Waals surface area contributed by atoms with Crippen LogP contribution >= 0.6 is 0 Å². The van der Waals surface area contributed by atoms with Gasteiger partial charge in [-0.05, 0) is 6.07 Å². The van der Waals surface area contributed by atoms with E-state index in [1.54, 1.807) is 0 Å². The molecule has 3 nitrogen and oxygen atoms in total. The van der Waals surface area contributed by atoms with Crippen LogP contribution in [0.1, 0.15) is 12.2 Å². The van der Waals surface area contributed by atoms with Gasteiger partial charge in [-0.2, -0.15) is 8.78 Å². The Balaban J connectivity index is 3.30. The van der Waals surface area contributed by atoms with E-state index in [9.17, 15) is 13.6 Å². The third kappa shape index (κ3) is 1.50. The van der Waals surface area contributed by atoms with Crippen LogP contribution in [0, 0.1) is 0 Å². The molecule has 0 aliphatic carbocycles. The molecule has 0 bridgehead atoms. The molecule has 0 aliphatic rings. The van der Waals surface area contributed by atoms with Gasteiger partial charge in [0.1, 0.15) is 0 Å². The zero-order chi connectivity index (χ0) is 9.14. The largest absolute Gasteiger partial charge is 0.325 e. The van der Waals surface area contributed by atoms with Crippen molar-refractivity contribution in [3.05, 3.63) is 34.2 Å². The maximum Gasteiger partial charge on any atom is 0.321 e. The van der Waals surface area contributed by atoms with Gasteiger partial charge in [0.25, 0.3) is 5.56 Å². The maximum atomic E-state index is 12.2. The first-order valence-corrected chi connectivity index (χ1v) is 3.35. The Morgan fingerprint density at radius 2 is 2.17 bits per heavy atom. The molecule has 0 amide bonds. The molecule has 1 aromatic heterocycles. The first-order chi connectivity index (χ1) is 5.66. The highest BCUT2D eigenvalue weighted by Gasteiger charge is 2.10. The predicted molar refractivity (Wildman–Crippen MR) is 39.8 cm³/mol. The Labute approximate surface area is 67.4 Å². The van der Waals surface area contributed by atoms with Crippen molar-refractivity contribution in [3.8, 4) is 0 Å². The summed E-state index contributed by atoms with van der Waals surface area (Å²) in [5.74, 6) is 0. The number of hydrogen-bond acceptors (Lipinski definition) is 2. The topological polar surface area (TPSA) is 48.0 Å². The third-order valence-electron chi connectivity index (χ3n) is 1.48. The van der Waals surface area contributed by atoms with E-state index in [2.05, 4.69) is 0 Å². The van der Waals surface area contributed by atoms with Crippen LogP contribution in [-0.4, -0.2) is 4.57 Å². The molecule has 1 aromatic rings. The second kappa shape index (κ2) is 3.44. The number of hydrogen-bond donors (Lipinski definition) is 1. The molecule has 0 saturated heterocycles. The van der Waals surface area contributed by atoms with Crippen LogP contribution in [0.4, 0.5) is 8.78 Å². The van der Waals surface area contributed by atoms with Gasteiger partial charge in [0.2, 0.25) is 0 Å². The molecule has 0 aliphatic heterocycles. The van der Waals surface area contributed by atoms with Crippen molar-refractivity contribution in [3.63, 3.8) is 0 Å². The minimum atomic E-state index is -2.82. The highest BCUT2D eigenvalue weighted by atomic mass is 19.3. The summed E-state index contributed by atoms with van der Waals surface area (Å²) < 4.78 is 24.7. The Bertz CT molecular complexity index is 321. The van der Waals surface area contributed by atoms with Crippen LogP contribution in [0.5, 0.6) is 0 Å². The van der Waals surface area contributed by atoms with E-state index in [-0.39, 0.29) is 12.2 Å². The summed E-state index contributed by atoms with van der Waals surface area (Å²) in [6.45, 7) is -2.89. The summed E-state index contributed by atoms with van der Waals surface area (Å²) in [6, 6.07) is 3.88. The van der Waals surface area contributed by atoms with E-state index in [1.807, 2.05) is 0 Å². The smallest absolute Gasteiger partial charge is 0.321 e. The van der Waals surface area contributed by atoms with Crippen LogP contribution < -0.4 is 11.3 Å². The number of rotatable bonds is 2. The van der Waals surface area contributed by atoms with Crippen molar-refractivity contribution in [2.75, 3.05) is 0 Å². The van der Waals surface area contributed by atoms with E-state index in [0.29, 0.717) is 4.57 Å². The summed E-state index contributed by atoms with van der Waals surface area (Å²) in [4.78, 5) is 10.9. The number of pyridine rings is 1. The van der Waals surface area contributed by atoms with E-state index in [4.69, 9.17) is 5.73 Å². The van der Waals surface area contributed by atoms with Gasteiger partial charge in [-0.25, -0.2) is 0 Å². The summed E-state index contributed by atoms with van der Waals surface area (Å²) in [6.07, 6.45) is 0. The summed E-state index contributed by atoms with van der Waals surface area (Å²) >= 11 is 0. The average molecular weight is 174 g/mol. The summed E-state index contributed by atoms with van der Waals surface area (Å²) in [5, 5.41) is 0. The maximum absolute atomic E-state index is 12.2. The van der Waals surface area contributed by atoms with Crippen molar-refractivity contribution in [2.45, 2.75) is 13.1 Å². The van der Waals surface area contributed by atoms with Crippen molar-refractivity contribution >= 4 is 0 Å².